The van der Waals surface area contributed by atoms with Crippen molar-refractivity contribution in [1.29, 1.82) is 0 Å². The van der Waals surface area contributed by atoms with E-state index >= 15 is 0 Å². The zero-order valence-corrected chi connectivity index (χ0v) is 17.8. The van der Waals surface area contributed by atoms with E-state index in [1.807, 2.05) is 24.4 Å². The van der Waals surface area contributed by atoms with Gasteiger partial charge in [0.05, 0.1) is 24.5 Å². The van der Waals surface area contributed by atoms with Gasteiger partial charge in [-0.25, -0.2) is 9.07 Å². The number of methoxy groups -OCH3 is 1. The molecule has 0 fully saturated rings. The van der Waals surface area contributed by atoms with Crippen LogP contribution in [0.25, 0.3) is 5.69 Å². The van der Waals surface area contributed by atoms with Crippen molar-refractivity contribution in [1.82, 2.24) is 20.4 Å². The Morgan fingerprint density at radius 1 is 1.20 bits per heavy atom. The van der Waals surface area contributed by atoms with Gasteiger partial charge in [0, 0.05) is 31.8 Å². The maximum absolute atomic E-state index is 13.1. The molecule has 0 spiro atoms. The van der Waals surface area contributed by atoms with E-state index in [-0.39, 0.29) is 11.9 Å². The van der Waals surface area contributed by atoms with Gasteiger partial charge in [-0.2, -0.15) is 5.10 Å². The summed E-state index contributed by atoms with van der Waals surface area (Å²) in [4.78, 5) is 4.32. The summed E-state index contributed by atoms with van der Waals surface area (Å²) in [7, 11) is 3.43. The van der Waals surface area contributed by atoms with Crippen LogP contribution in [0.5, 0.6) is 5.75 Å². The van der Waals surface area contributed by atoms with Crippen molar-refractivity contribution in [2.24, 2.45) is 4.99 Å². The van der Waals surface area contributed by atoms with E-state index in [1.165, 1.54) is 17.7 Å². The third-order valence-electron chi connectivity index (χ3n) is 4.84. The van der Waals surface area contributed by atoms with Gasteiger partial charge in [0.1, 0.15) is 11.6 Å². The minimum Gasteiger partial charge on any atom is -0.496 e. The average molecular weight is 410 g/mol. The van der Waals surface area contributed by atoms with E-state index in [0.29, 0.717) is 12.5 Å². The Labute approximate surface area is 176 Å². The smallest absolute Gasteiger partial charge is 0.191 e. The number of aryl methyl sites for hydroxylation is 1. The molecule has 0 saturated heterocycles. The maximum Gasteiger partial charge on any atom is 0.191 e. The minimum atomic E-state index is -0.258. The Balaban J connectivity index is 1.55. The molecule has 6 nitrogen and oxygen atoms in total. The first-order valence-corrected chi connectivity index (χ1v) is 9.92. The summed E-state index contributed by atoms with van der Waals surface area (Å²) >= 11 is 0. The molecule has 158 valence electrons. The van der Waals surface area contributed by atoms with Crippen molar-refractivity contribution in [2.45, 2.75) is 26.3 Å². The lowest BCUT2D eigenvalue weighted by Gasteiger charge is -2.20. The number of nitrogens with zero attached hydrogens (tertiary/aromatic N) is 3. The quantitative estimate of drug-likeness (QED) is 0.460. The zero-order chi connectivity index (χ0) is 21.5. The van der Waals surface area contributed by atoms with Crippen molar-refractivity contribution >= 4 is 5.96 Å². The number of aliphatic imine (C=N–C) groups is 1. The zero-order valence-electron chi connectivity index (χ0n) is 17.8. The minimum absolute atomic E-state index is 0.0312. The molecule has 1 aromatic heterocycles. The number of hydrogen-bond acceptors (Lipinski definition) is 3. The summed E-state index contributed by atoms with van der Waals surface area (Å²) in [5.74, 6) is 1.30. The fraction of sp³-hybridized carbons (Fsp3) is 0.304. The molecule has 2 N–H and O–H groups in total. The molecule has 2 aromatic carbocycles. The lowest BCUT2D eigenvalue weighted by molar-refractivity contribution is 0.405. The van der Waals surface area contributed by atoms with Gasteiger partial charge in [-0.05, 0) is 50.2 Å². The van der Waals surface area contributed by atoms with E-state index in [1.54, 1.807) is 31.0 Å². The molecule has 0 aliphatic rings. The lowest BCUT2D eigenvalue weighted by Crippen LogP contribution is -2.39. The third kappa shape index (κ3) is 5.37. The molecule has 1 heterocycles. The largest absolute Gasteiger partial charge is 0.496 e. The number of ether oxygens (including phenoxy) is 1. The third-order valence-corrected chi connectivity index (χ3v) is 4.84. The summed E-state index contributed by atoms with van der Waals surface area (Å²) in [5, 5.41) is 11.3. The van der Waals surface area contributed by atoms with Crippen LogP contribution in [0.4, 0.5) is 4.39 Å². The Hall–Kier alpha value is -3.35. The van der Waals surface area contributed by atoms with E-state index in [4.69, 9.17) is 4.74 Å². The molecular weight excluding hydrogens is 381 g/mol. The molecular formula is C23H28FN5O. The molecule has 0 bridgehead atoms. The molecule has 30 heavy (non-hydrogen) atoms. The van der Waals surface area contributed by atoms with E-state index < -0.39 is 0 Å². The van der Waals surface area contributed by atoms with Gasteiger partial charge in [-0.15, -0.1) is 0 Å². The molecule has 0 saturated carbocycles. The standard InChI is InChI=1S/C23H28FN5O/c1-16-5-10-22(30-4)21(15-16)17(2)27-23(25-3)26-13-11-19-12-14-29(28-19)20-8-6-18(24)7-9-20/h5-10,12,14-15,17H,11,13H2,1-4H3,(H2,25,26,27). The van der Waals surface area contributed by atoms with E-state index in [0.717, 1.165) is 29.1 Å². The van der Waals surface area contributed by atoms with Crippen LogP contribution >= 0.6 is 0 Å². The Morgan fingerprint density at radius 3 is 2.67 bits per heavy atom. The molecule has 7 heteroatoms. The number of aromatic nitrogens is 2. The van der Waals surface area contributed by atoms with Gasteiger partial charge in [0.15, 0.2) is 5.96 Å². The summed E-state index contributed by atoms with van der Waals surface area (Å²) in [6, 6.07) is 14.4. The van der Waals surface area contributed by atoms with Crippen molar-refractivity contribution in [3.63, 3.8) is 0 Å². The number of hydrogen-bond donors (Lipinski definition) is 2. The highest BCUT2D eigenvalue weighted by Gasteiger charge is 2.13. The van der Waals surface area contributed by atoms with Crippen LogP contribution in [-0.2, 0) is 6.42 Å². The molecule has 3 rings (SSSR count). The first-order chi connectivity index (χ1) is 14.5. The van der Waals surface area contributed by atoms with Crippen LogP contribution in [0.1, 0.15) is 29.8 Å². The fourth-order valence-corrected chi connectivity index (χ4v) is 3.21. The van der Waals surface area contributed by atoms with E-state index in [9.17, 15) is 4.39 Å². The number of nitrogens with one attached hydrogen (secondary N) is 2. The normalized spacial score (nSPS) is 12.5. The summed E-state index contributed by atoms with van der Waals surface area (Å²) < 4.78 is 20.3. The van der Waals surface area contributed by atoms with Crippen LogP contribution in [-0.4, -0.2) is 36.4 Å². The second kappa shape index (κ2) is 9.91. The molecule has 0 aliphatic heterocycles. The van der Waals surface area contributed by atoms with Crippen molar-refractivity contribution < 1.29 is 9.13 Å². The van der Waals surface area contributed by atoms with E-state index in [2.05, 4.69) is 40.6 Å². The van der Waals surface area contributed by atoms with Crippen molar-refractivity contribution in [3.8, 4) is 11.4 Å². The van der Waals surface area contributed by atoms with Gasteiger partial charge in [-0.1, -0.05) is 17.7 Å². The topological polar surface area (TPSA) is 63.5 Å². The molecule has 0 radical (unpaired) electrons. The lowest BCUT2D eigenvalue weighted by atomic mass is 10.0. The Kier molecular flexibility index (Phi) is 7.06. The van der Waals surface area contributed by atoms with Crippen LogP contribution in [0.15, 0.2) is 59.7 Å². The average Bonchev–Trinajstić information content (AvgIpc) is 3.22. The molecule has 1 unspecified atom stereocenters. The Morgan fingerprint density at radius 2 is 1.97 bits per heavy atom. The molecule has 3 aromatic rings. The van der Waals surface area contributed by atoms with Gasteiger partial charge in [0.2, 0.25) is 0 Å². The van der Waals surface area contributed by atoms with Crippen LogP contribution in [0, 0.1) is 12.7 Å². The van der Waals surface area contributed by atoms with Crippen molar-refractivity contribution in [2.75, 3.05) is 20.7 Å². The van der Waals surface area contributed by atoms with Crippen LogP contribution in [0.2, 0.25) is 0 Å². The van der Waals surface area contributed by atoms with Gasteiger partial charge in [-0.3, -0.25) is 4.99 Å². The predicted molar refractivity (Wildman–Crippen MR) is 118 cm³/mol. The van der Waals surface area contributed by atoms with Crippen molar-refractivity contribution in [3.05, 3.63) is 77.4 Å². The number of halogens is 1. The summed E-state index contributed by atoms with van der Waals surface area (Å²) in [6.45, 7) is 4.82. The molecule has 0 amide bonds. The monoisotopic (exact) mass is 409 g/mol. The van der Waals surface area contributed by atoms with Crippen LogP contribution < -0.4 is 15.4 Å². The summed E-state index contributed by atoms with van der Waals surface area (Å²) in [5.41, 5.74) is 4.03. The highest BCUT2D eigenvalue weighted by Crippen LogP contribution is 2.25. The Bertz CT molecular complexity index is 997. The summed E-state index contributed by atoms with van der Waals surface area (Å²) in [6.07, 6.45) is 2.61. The number of guanidine groups is 1. The van der Waals surface area contributed by atoms with Gasteiger partial charge < -0.3 is 15.4 Å². The first kappa shape index (κ1) is 21.4. The van der Waals surface area contributed by atoms with Gasteiger partial charge >= 0.3 is 0 Å². The van der Waals surface area contributed by atoms with Crippen LogP contribution in [0.3, 0.4) is 0 Å². The highest BCUT2D eigenvalue weighted by molar-refractivity contribution is 5.80. The molecule has 1 atom stereocenters. The highest BCUT2D eigenvalue weighted by atomic mass is 19.1. The predicted octanol–water partition coefficient (Wildman–Crippen LogP) is 3.80. The maximum atomic E-state index is 13.1. The SMILES string of the molecule is CN=C(NCCc1ccn(-c2ccc(F)cc2)n1)NC(C)c1cc(C)ccc1OC. The second-order valence-electron chi connectivity index (χ2n) is 7.09. The first-order valence-electron chi connectivity index (χ1n) is 9.92. The number of rotatable bonds is 7. The van der Waals surface area contributed by atoms with Gasteiger partial charge in [0.25, 0.3) is 0 Å². The number of benzene rings is 2. The second-order valence-corrected chi connectivity index (χ2v) is 7.09. The molecule has 0 aliphatic carbocycles. The fourth-order valence-electron chi connectivity index (χ4n) is 3.21.